The minimum absolute atomic E-state index is 0.431. The van der Waals surface area contributed by atoms with Crippen molar-refractivity contribution in [1.29, 1.82) is 5.26 Å². The Morgan fingerprint density at radius 2 is 2.08 bits per heavy atom. The van der Waals surface area contributed by atoms with Crippen molar-refractivity contribution in [3.63, 3.8) is 0 Å². The quantitative estimate of drug-likeness (QED) is 0.650. The Bertz CT molecular complexity index is 313. The lowest BCUT2D eigenvalue weighted by molar-refractivity contribution is 1.22. The fourth-order valence-electron chi connectivity index (χ4n) is 1.08. The Morgan fingerprint density at radius 1 is 1.42 bits per heavy atom. The Hall–Kier alpha value is -1.000. The van der Waals surface area contributed by atoms with Crippen LogP contribution in [0.1, 0.15) is 16.7 Å². The molecule has 0 spiro atoms. The van der Waals surface area contributed by atoms with Gasteiger partial charge in [-0.15, -0.1) is 0 Å². The van der Waals surface area contributed by atoms with E-state index in [0.717, 1.165) is 21.7 Å². The molecule has 0 N–H and O–H groups in total. The summed E-state index contributed by atoms with van der Waals surface area (Å²) in [6.07, 6.45) is 0.431. The van der Waals surface area contributed by atoms with Crippen LogP contribution in [0.4, 0.5) is 0 Å². The van der Waals surface area contributed by atoms with Gasteiger partial charge in [-0.3, -0.25) is 0 Å². The predicted molar refractivity (Wildman–Crippen MR) is 50.2 cm³/mol. The second-order valence-corrected chi connectivity index (χ2v) is 3.26. The fraction of sp³-hybridized carbons (Fsp3) is 0.300. The standard InChI is InChI=1S/C10H10ClN/c1-7-5-9(3-4-12)6-10(11)8(7)2/h5-6H,3H2,1-2H3. The maximum atomic E-state index is 8.48. The molecule has 0 saturated heterocycles. The lowest BCUT2D eigenvalue weighted by atomic mass is 10.0. The van der Waals surface area contributed by atoms with E-state index in [9.17, 15) is 0 Å². The first kappa shape index (κ1) is 9.09. The molecular formula is C10H10ClN. The summed E-state index contributed by atoms with van der Waals surface area (Å²) in [4.78, 5) is 0. The van der Waals surface area contributed by atoms with Crippen LogP contribution in [0, 0.1) is 25.2 Å². The highest BCUT2D eigenvalue weighted by Crippen LogP contribution is 2.20. The lowest BCUT2D eigenvalue weighted by Crippen LogP contribution is -1.87. The van der Waals surface area contributed by atoms with Crippen molar-refractivity contribution in [3.8, 4) is 6.07 Å². The summed E-state index contributed by atoms with van der Waals surface area (Å²) >= 11 is 5.95. The van der Waals surface area contributed by atoms with Gasteiger partial charge in [0.2, 0.25) is 0 Å². The average molecular weight is 180 g/mol. The maximum absolute atomic E-state index is 8.48. The highest BCUT2D eigenvalue weighted by molar-refractivity contribution is 6.31. The molecule has 0 bridgehead atoms. The molecule has 0 heterocycles. The van der Waals surface area contributed by atoms with Crippen molar-refractivity contribution in [3.05, 3.63) is 33.8 Å². The van der Waals surface area contributed by atoms with E-state index >= 15 is 0 Å². The summed E-state index contributed by atoms with van der Waals surface area (Å²) in [6, 6.07) is 5.96. The number of nitriles is 1. The number of rotatable bonds is 1. The summed E-state index contributed by atoms with van der Waals surface area (Å²) in [6.45, 7) is 3.98. The van der Waals surface area contributed by atoms with Gasteiger partial charge in [0.15, 0.2) is 0 Å². The van der Waals surface area contributed by atoms with Crippen molar-refractivity contribution in [2.45, 2.75) is 20.3 Å². The van der Waals surface area contributed by atoms with Crippen LogP contribution in [0.25, 0.3) is 0 Å². The third-order valence-corrected chi connectivity index (χ3v) is 2.34. The zero-order chi connectivity index (χ0) is 9.14. The van der Waals surface area contributed by atoms with Crippen molar-refractivity contribution in [2.75, 3.05) is 0 Å². The van der Waals surface area contributed by atoms with Gasteiger partial charge < -0.3 is 0 Å². The second kappa shape index (κ2) is 3.60. The van der Waals surface area contributed by atoms with Crippen molar-refractivity contribution in [1.82, 2.24) is 0 Å². The van der Waals surface area contributed by atoms with Gasteiger partial charge in [-0.25, -0.2) is 0 Å². The molecule has 0 aliphatic rings. The topological polar surface area (TPSA) is 23.8 Å². The number of hydrogen-bond donors (Lipinski definition) is 0. The number of aryl methyl sites for hydroxylation is 1. The summed E-state index contributed by atoms with van der Waals surface area (Å²) in [5, 5.41) is 9.23. The average Bonchev–Trinajstić information content (AvgIpc) is 2.01. The summed E-state index contributed by atoms with van der Waals surface area (Å²) in [5.41, 5.74) is 3.23. The van der Waals surface area contributed by atoms with Crippen LogP contribution < -0.4 is 0 Å². The predicted octanol–water partition coefficient (Wildman–Crippen LogP) is 3.02. The van der Waals surface area contributed by atoms with Gasteiger partial charge in [0, 0.05) is 5.02 Å². The van der Waals surface area contributed by atoms with Gasteiger partial charge in [-0.2, -0.15) is 5.26 Å². The minimum atomic E-state index is 0.431. The Labute approximate surface area is 77.6 Å². The van der Waals surface area contributed by atoms with Gasteiger partial charge in [-0.05, 0) is 36.6 Å². The SMILES string of the molecule is Cc1cc(CC#N)cc(Cl)c1C. The molecule has 0 atom stereocenters. The Morgan fingerprint density at radius 3 is 2.58 bits per heavy atom. The molecule has 0 aliphatic carbocycles. The van der Waals surface area contributed by atoms with Crippen LogP contribution in [-0.4, -0.2) is 0 Å². The largest absolute Gasteiger partial charge is 0.198 e. The number of hydrogen-bond acceptors (Lipinski definition) is 1. The molecular weight excluding hydrogens is 170 g/mol. The summed E-state index contributed by atoms with van der Waals surface area (Å²) in [5.74, 6) is 0. The zero-order valence-corrected chi connectivity index (χ0v) is 7.94. The number of nitrogens with zero attached hydrogens (tertiary/aromatic N) is 1. The first-order valence-corrected chi connectivity index (χ1v) is 4.15. The molecule has 1 aromatic carbocycles. The highest BCUT2D eigenvalue weighted by Gasteiger charge is 2.01. The first-order valence-electron chi connectivity index (χ1n) is 3.77. The molecule has 0 saturated carbocycles. The lowest BCUT2D eigenvalue weighted by Gasteiger charge is -2.04. The van der Waals surface area contributed by atoms with E-state index in [4.69, 9.17) is 16.9 Å². The highest BCUT2D eigenvalue weighted by atomic mass is 35.5. The third kappa shape index (κ3) is 1.78. The molecule has 1 rings (SSSR count). The molecule has 1 aromatic rings. The molecule has 0 radical (unpaired) electrons. The maximum Gasteiger partial charge on any atom is 0.0669 e. The van der Waals surface area contributed by atoms with Crippen LogP contribution in [0.2, 0.25) is 5.02 Å². The van der Waals surface area contributed by atoms with Crippen LogP contribution in [0.5, 0.6) is 0 Å². The van der Waals surface area contributed by atoms with E-state index in [0.29, 0.717) is 6.42 Å². The van der Waals surface area contributed by atoms with E-state index in [1.807, 2.05) is 26.0 Å². The van der Waals surface area contributed by atoms with Gasteiger partial charge in [-0.1, -0.05) is 17.7 Å². The number of benzene rings is 1. The van der Waals surface area contributed by atoms with E-state index in [1.165, 1.54) is 0 Å². The third-order valence-electron chi connectivity index (χ3n) is 1.95. The fourth-order valence-corrected chi connectivity index (χ4v) is 1.37. The molecule has 2 heteroatoms. The van der Waals surface area contributed by atoms with Gasteiger partial charge in [0.05, 0.1) is 12.5 Å². The van der Waals surface area contributed by atoms with Gasteiger partial charge in [0.25, 0.3) is 0 Å². The van der Waals surface area contributed by atoms with Crippen LogP contribution in [0.3, 0.4) is 0 Å². The molecule has 0 fully saturated rings. The molecule has 12 heavy (non-hydrogen) atoms. The van der Waals surface area contributed by atoms with Crippen LogP contribution >= 0.6 is 11.6 Å². The molecule has 0 unspecified atom stereocenters. The molecule has 0 amide bonds. The smallest absolute Gasteiger partial charge is 0.0669 e. The molecule has 1 nitrogen and oxygen atoms in total. The normalized spacial score (nSPS) is 9.50. The van der Waals surface area contributed by atoms with Crippen molar-refractivity contribution in [2.24, 2.45) is 0 Å². The van der Waals surface area contributed by atoms with E-state index in [2.05, 4.69) is 6.07 Å². The monoisotopic (exact) mass is 179 g/mol. The van der Waals surface area contributed by atoms with E-state index < -0.39 is 0 Å². The van der Waals surface area contributed by atoms with Crippen molar-refractivity contribution < 1.29 is 0 Å². The summed E-state index contributed by atoms with van der Waals surface area (Å²) in [7, 11) is 0. The zero-order valence-electron chi connectivity index (χ0n) is 7.19. The first-order chi connectivity index (χ1) is 5.65. The van der Waals surface area contributed by atoms with E-state index in [-0.39, 0.29) is 0 Å². The minimum Gasteiger partial charge on any atom is -0.198 e. The van der Waals surface area contributed by atoms with Gasteiger partial charge in [0.1, 0.15) is 0 Å². The van der Waals surface area contributed by atoms with E-state index in [1.54, 1.807) is 0 Å². The second-order valence-electron chi connectivity index (χ2n) is 2.85. The molecule has 0 aromatic heterocycles. The Balaban J connectivity index is 3.14. The van der Waals surface area contributed by atoms with Gasteiger partial charge >= 0.3 is 0 Å². The molecule has 62 valence electrons. The van der Waals surface area contributed by atoms with Crippen LogP contribution in [0.15, 0.2) is 12.1 Å². The Kier molecular flexibility index (Phi) is 2.73. The van der Waals surface area contributed by atoms with Crippen LogP contribution in [-0.2, 0) is 6.42 Å². The number of halogens is 1. The molecule has 0 aliphatic heterocycles. The van der Waals surface area contributed by atoms with Crippen molar-refractivity contribution >= 4 is 11.6 Å². The summed E-state index contributed by atoms with van der Waals surface area (Å²) < 4.78 is 0.